The van der Waals surface area contributed by atoms with Crippen molar-refractivity contribution in [3.8, 4) is 0 Å². The van der Waals surface area contributed by atoms with Gasteiger partial charge in [0.05, 0.1) is 6.33 Å². The van der Waals surface area contributed by atoms with Crippen LogP contribution in [0.15, 0.2) is 6.33 Å². The standard InChI is InChI=1S/C16H16ClIN4O7/c1-6(23)26-4-9-11(27-7(2)24)12(28-8(3)25)15(29-9)22-5-19-10-13(17)20-16(18)21-14(10)22/h5,9,11-12,15H,4H2,1-3H3. The Morgan fingerprint density at radius 3 is 2.41 bits per heavy atom. The first-order valence-electron chi connectivity index (χ1n) is 8.36. The Labute approximate surface area is 183 Å². The Hall–Kier alpha value is -2.06. The average Bonchev–Trinajstić information content (AvgIpc) is 3.15. The van der Waals surface area contributed by atoms with E-state index in [0.29, 0.717) is 15.0 Å². The highest BCUT2D eigenvalue weighted by Gasteiger charge is 2.51. The van der Waals surface area contributed by atoms with E-state index >= 15 is 0 Å². The third-order valence-electron chi connectivity index (χ3n) is 3.97. The maximum absolute atomic E-state index is 11.7. The van der Waals surface area contributed by atoms with Gasteiger partial charge in [-0.25, -0.2) is 15.0 Å². The molecule has 4 atom stereocenters. The van der Waals surface area contributed by atoms with Crippen LogP contribution in [0, 0.1) is 3.83 Å². The summed E-state index contributed by atoms with van der Waals surface area (Å²) < 4.78 is 23.6. The number of imidazole rings is 1. The van der Waals surface area contributed by atoms with Crippen LogP contribution in [-0.4, -0.2) is 62.3 Å². The second-order valence-corrected chi connectivity index (χ2v) is 7.45. The fourth-order valence-corrected chi connectivity index (χ4v) is 3.79. The van der Waals surface area contributed by atoms with Gasteiger partial charge in [0.25, 0.3) is 0 Å². The Balaban J connectivity index is 2.04. The molecule has 0 radical (unpaired) electrons. The van der Waals surface area contributed by atoms with Crippen molar-refractivity contribution < 1.29 is 33.3 Å². The zero-order chi connectivity index (χ0) is 21.3. The zero-order valence-corrected chi connectivity index (χ0v) is 18.4. The molecule has 1 aliphatic rings. The molecule has 13 heteroatoms. The molecule has 29 heavy (non-hydrogen) atoms. The van der Waals surface area contributed by atoms with Crippen molar-refractivity contribution in [2.45, 2.75) is 45.3 Å². The predicted octanol–water partition coefficient (Wildman–Crippen LogP) is 1.41. The van der Waals surface area contributed by atoms with Crippen molar-refractivity contribution in [2.24, 2.45) is 0 Å². The second-order valence-electron chi connectivity index (χ2n) is 6.12. The van der Waals surface area contributed by atoms with Gasteiger partial charge >= 0.3 is 17.9 Å². The van der Waals surface area contributed by atoms with Gasteiger partial charge in [-0.05, 0) is 0 Å². The lowest BCUT2D eigenvalue weighted by Crippen LogP contribution is -2.40. The number of aromatic nitrogens is 4. The van der Waals surface area contributed by atoms with Crippen molar-refractivity contribution in [2.75, 3.05) is 6.61 Å². The van der Waals surface area contributed by atoms with E-state index in [2.05, 4.69) is 15.0 Å². The lowest BCUT2D eigenvalue weighted by atomic mass is 10.1. The topological polar surface area (TPSA) is 132 Å². The van der Waals surface area contributed by atoms with Crippen LogP contribution in [0.4, 0.5) is 0 Å². The Kier molecular flexibility index (Phi) is 6.53. The number of hydrogen-bond donors (Lipinski definition) is 0. The molecule has 0 N–H and O–H groups in total. The van der Waals surface area contributed by atoms with E-state index in [1.165, 1.54) is 31.7 Å². The number of carbonyl (C=O) groups excluding carboxylic acids is 3. The SMILES string of the molecule is CC(=O)OCC1OC(n2cnc3c(Cl)nc(I)nc32)C(OC(C)=O)C1OC(C)=O. The molecule has 0 amide bonds. The molecule has 1 saturated heterocycles. The van der Waals surface area contributed by atoms with Crippen LogP contribution in [0.25, 0.3) is 11.2 Å². The largest absolute Gasteiger partial charge is 0.463 e. The van der Waals surface area contributed by atoms with Gasteiger partial charge in [0, 0.05) is 43.4 Å². The van der Waals surface area contributed by atoms with Crippen molar-refractivity contribution in [1.82, 2.24) is 19.5 Å². The van der Waals surface area contributed by atoms with Crippen LogP contribution in [0.5, 0.6) is 0 Å². The summed E-state index contributed by atoms with van der Waals surface area (Å²) in [5.74, 6) is -1.76. The third kappa shape index (κ3) is 4.75. The van der Waals surface area contributed by atoms with E-state index in [4.69, 9.17) is 30.5 Å². The van der Waals surface area contributed by atoms with Crippen LogP contribution in [0.3, 0.4) is 0 Å². The summed E-state index contributed by atoms with van der Waals surface area (Å²) in [7, 11) is 0. The minimum absolute atomic E-state index is 0.146. The molecule has 2 aromatic rings. The Morgan fingerprint density at radius 1 is 1.14 bits per heavy atom. The third-order valence-corrected chi connectivity index (χ3v) is 4.71. The molecular weight excluding hydrogens is 523 g/mol. The van der Waals surface area contributed by atoms with E-state index in [1.807, 2.05) is 22.6 Å². The number of halogens is 2. The van der Waals surface area contributed by atoms with Crippen LogP contribution in [0.2, 0.25) is 5.15 Å². The fourth-order valence-electron chi connectivity index (χ4n) is 2.96. The van der Waals surface area contributed by atoms with Crippen LogP contribution in [-0.2, 0) is 33.3 Å². The van der Waals surface area contributed by atoms with Gasteiger partial charge in [0.2, 0.25) is 0 Å². The summed E-state index contributed by atoms with van der Waals surface area (Å²) >= 11 is 8.03. The van der Waals surface area contributed by atoms with E-state index in [-0.39, 0.29) is 11.8 Å². The van der Waals surface area contributed by atoms with E-state index in [1.54, 1.807) is 0 Å². The summed E-state index contributed by atoms with van der Waals surface area (Å²) in [5, 5.41) is 0.146. The molecule has 2 aromatic heterocycles. The van der Waals surface area contributed by atoms with Gasteiger partial charge in [0.1, 0.15) is 18.2 Å². The van der Waals surface area contributed by atoms with Gasteiger partial charge in [-0.3, -0.25) is 19.0 Å². The van der Waals surface area contributed by atoms with E-state index in [0.717, 1.165) is 0 Å². The van der Waals surface area contributed by atoms with Crippen molar-refractivity contribution in [1.29, 1.82) is 0 Å². The highest BCUT2D eigenvalue weighted by molar-refractivity contribution is 14.1. The molecule has 1 fully saturated rings. The second kappa shape index (κ2) is 8.75. The molecule has 0 bridgehead atoms. The summed E-state index contributed by atoms with van der Waals surface area (Å²) in [6.07, 6.45) is -2.50. The fraction of sp³-hybridized carbons (Fsp3) is 0.500. The summed E-state index contributed by atoms with van der Waals surface area (Å²) in [5.41, 5.74) is 0.663. The molecule has 11 nitrogen and oxygen atoms in total. The first-order valence-corrected chi connectivity index (χ1v) is 9.82. The molecule has 3 rings (SSSR count). The normalized spacial score (nSPS) is 23.8. The van der Waals surface area contributed by atoms with E-state index < -0.39 is 42.4 Å². The Morgan fingerprint density at radius 2 is 1.79 bits per heavy atom. The number of nitrogens with zero attached hydrogens (tertiary/aromatic N) is 4. The molecule has 1 aliphatic heterocycles. The smallest absolute Gasteiger partial charge is 0.303 e. The number of rotatable bonds is 5. The molecule has 3 heterocycles. The summed E-state index contributed by atoms with van der Waals surface area (Å²) in [6, 6.07) is 0. The molecule has 4 unspecified atom stereocenters. The molecular formula is C16H16ClIN4O7. The van der Waals surface area contributed by atoms with Crippen molar-refractivity contribution >= 4 is 63.3 Å². The van der Waals surface area contributed by atoms with Gasteiger partial charge in [0.15, 0.2) is 33.1 Å². The lowest BCUT2D eigenvalue weighted by molar-refractivity contribution is -0.166. The van der Waals surface area contributed by atoms with Crippen molar-refractivity contribution in [3.05, 3.63) is 15.3 Å². The zero-order valence-electron chi connectivity index (χ0n) is 15.5. The van der Waals surface area contributed by atoms with Crippen LogP contribution < -0.4 is 0 Å². The van der Waals surface area contributed by atoms with Crippen LogP contribution in [0.1, 0.15) is 27.0 Å². The quantitative estimate of drug-likeness (QED) is 0.181. The first kappa shape index (κ1) is 21.6. The van der Waals surface area contributed by atoms with Crippen LogP contribution >= 0.6 is 34.2 Å². The molecule has 0 spiro atoms. The molecule has 0 aromatic carbocycles. The lowest BCUT2D eigenvalue weighted by Gasteiger charge is -2.23. The predicted molar refractivity (Wildman–Crippen MR) is 105 cm³/mol. The number of esters is 3. The highest BCUT2D eigenvalue weighted by atomic mass is 127. The number of ether oxygens (including phenoxy) is 4. The van der Waals surface area contributed by atoms with Gasteiger partial charge in [-0.2, -0.15) is 0 Å². The average molecular weight is 539 g/mol. The van der Waals surface area contributed by atoms with Crippen molar-refractivity contribution in [3.63, 3.8) is 0 Å². The number of fused-ring (bicyclic) bond motifs is 1. The van der Waals surface area contributed by atoms with Gasteiger partial charge in [-0.1, -0.05) is 11.6 Å². The molecule has 0 aliphatic carbocycles. The number of hydrogen-bond acceptors (Lipinski definition) is 10. The molecule has 0 saturated carbocycles. The minimum Gasteiger partial charge on any atom is -0.463 e. The highest BCUT2D eigenvalue weighted by Crippen LogP contribution is 2.36. The van der Waals surface area contributed by atoms with E-state index in [9.17, 15) is 14.4 Å². The maximum Gasteiger partial charge on any atom is 0.303 e. The monoisotopic (exact) mass is 538 g/mol. The molecule has 156 valence electrons. The summed E-state index contributed by atoms with van der Waals surface area (Å²) in [6.45, 7) is 3.46. The van der Waals surface area contributed by atoms with Gasteiger partial charge < -0.3 is 18.9 Å². The number of carbonyl (C=O) groups is 3. The maximum atomic E-state index is 11.7. The first-order chi connectivity index (χ1) is 13.7. The summed E-state index contributed by atoms with van der Waals surface area (Å²) in [4.78, 5) is 47.1. The minimum atomic E-state index is -1.04. The Bertz CT molecular complexity index is 968. The van der Waals surface area contributed by atoms with Gasteiger partial charge in [-0.15, -0.1) is 0 Å².